The molecule has 0 unspecified atom stereocenters. The molecule has 4 rings (SSSR count). The van der Waals surface area contributed by atoms with Crippen molar-refractivity contribution >= 4 is 17.9 Å². The van der Waals surface area contributed by atoms with E-state index in [1.165, 1.54) is 0 Å². The average molecular weight is 460 g/mol. The maximum atomic E-state index is 12.6. The highest BCUT2D eigenvalue weighted by Crippen LogP contribution is 2.18. The Morgan fingerprint density at radius 2 is 1.62 bits per heavy atom. The maximum absolute atomic E-state index is 12.6. The lowest BCUT2D eigenvalue weighted by Crippen LogP contribution is -2.41. The highest BCUT2D eigenvalue weighted by molar-refractivity contribution is 5.92. The van der Waals surface area contributed by atoms with Crippen LogP contribution in [0.15, 0.2) is 72.9 Å². The number of benzene rings is 2. The third-order valence-corrected chi connectivity index (χ3v) is 5.81. The van der Waals surface area contributed by atoms with Gasteiger partial charge in [0.05, 0.1) is 0 Å². The van der Waals surface area contributed by atoms with E-state index in [0.29, 0.717) is 43.7 Å². The minimum atomic E-state index is -0.289. The van der Waals surface area contributed by atoms with Crippen LogP contribution in [0.2, 0.25) is 0 Å². The van der Waals surface area contributed by atoms with E-state index < -0.39 is 0 Å². The Kier molecular flexibility index (Phi) is 8.05. The topological polar surface area (TPSA) is 96.5 Å². The van der Waals surface area contributed by atoms with Crippen LogP contribution in [0.3, 0.4) is 0 Å². The number of nitrogens with one attached hydrogen (secondary N) is 2. The van der Waals surface area contributed by atoms with Gasteiger partial charge in [0.1, 0.15) is 12.3 Å². The third-order valence-electron chi connectivity index (χ3n) is 5.81. The highest BCUT2D eigenvalue weighted by atomic mass is 16.6. The molecule has 1 saturated heterocycles. The molecule has 2 aromatic carbocycles. The van der Waals surface area contributed by atoms with E-state index in [-0.39, 0.29) is 18.6 Å². The Morgan fingerprint density at radius 1 is 0.941 bits per heavy atom. The fourth-order valence-electron chi connectivity index (χ4n) is 3.81. The van der Waals surface area contributed by atoms with Crippen LogP contribution in [0.4, 0.5) is 10.7 Å². The van der Waals surface area contributed by atoms with Crippen LogP contribution in [0.25, 0.3) is 0 Å². The molecular formula is C26H29N5O3. The monoisotopic (exact) mass is 459 g/mol. The third kappa shape index (κ3) is 6.78. The van der Waals surface area contributed by atoms with E-state index in [9.17, 15) is 9.59 Å². The molecule has 0 aliphatic carbocycles. The summed E-state index contributed by atoms with van der Waals surface area (Å²) in [5.74, 6) is 0.494. The molecule has 0 spiro atoms. The fraction of sp³-hybridized carbons (Fsp3) is 0.308. The van der Waals surface area contributed by atoms with Crippen LogP contribution < -0.4 is 10.6 Å². The van der Waals surface area contributed by atoms with Crippen molar-refractivity contribution in [3.8, 4) is 0 Å². The SMILES string of the molecule is O=C(NCC1CCN(C(=O)OCc2ccccc2)CC1)c1ccnc(NCc2ccccc2)n1. The second-order valence-electron chi connectivity index (χ2n) is 8.29. The van der Waals surface area contributed by atoms with Crippen LogP contribution >= 0.6 is 0 Å². The van der Waals surface area contributed by atoms with Crippen molar-refractivity contribution < 1.29 is 14.3 Å². The number of carbonyl (C=O) groups excluding carboxylic acids is 2. The van der Waals surface area contributed by atoms with Gasteiger partial charge in [0.2, 0.25) is 5.95 Å². The van der Waals surface area contributed by atoms with Crippen LogP contribution in [-0.2, 0) is 17.9 Å². The van der Waals surface area contributed by atoms with Crippen molar-refractivity contribution in [3.05, 3.63) is 89.7 Å². The molecule has 2 heterocycles. The van der Waals surface area contributed by atoms with E-state index in [0.717, 1.165) is 24.0 Å². The lowest BCUT2D eigenvalue weighted by Gasteiger charge is -2.31. The first-order chi connectivity index (χ1) is 16.7. The summed E-state index contributed by atoms with van der Waals surface area (Å²) in [5, 5.41) is 6.12. The van der Waals surface area contributed by atoms with Gasteiger partial charge in [-0.15, -0.1) is 0 Å². The van der Waals surface area contributed by atoms with Crippen molar-refractivity contribution in [2.45, 2.75) is 26.0 Å². The van der Waals surface area contributed by atoms with Gasteiger partial charge in [-0.2, -0.15) is 0 Å². The number of aromatic nitrogens is 2. The molecule has 8 heteroatoms. The summed E-state index contributed by atoms with van der Waals surface area (Å²) in [6.07, 6.45) is 2.92. The van der Waals surface area contributed by atoms with Crippen molar-refractivity contribution in [1.29, 1.82) is 0 Å². The van der Waals surface area contributed by atoms with E-state index in [4.69, 9.17) is 4.74 Å². The largest absolute Gasteiger partial charge is 0.445 e. The summed E-state index contributed by atoms with van der Waals surface area (Å²) in [6.45, 7) is 2.64. The molecule has 1 aliphatic heterocycles. The summed E-state index contributed by atoms with van der Waals surface area (Å²) in [6, 6.07) is 21.2. The van der Waals surface area contributed by atoms with Gasteiger partial charge in [-0.3, -0.25) is 4.79 Å². The first kappa shape index (κ1) is 23.2. The zero-order chi connectivity index (χ0) is 23.6. The molecule has 34 heavy (non-hydrogen) atoms. The Hall–Kier alpha value is -3.94. The summed E-state index contributed by atoms with van der Waals surface area (Å²) in [5.41, 5.74) is 2.40. The number of carbonyl (C=O) groups is 2. The van der Waals surface area contributed by atoms with Crippen LogP contribution in [0.5, 0.6) is 0 Å². The lowest BCUT2D eigenvalue weighted by atomic mass is 9.97. The summed E-state index contributed by atoms with van der Waals surface area (Å²) in [7, 11) is 0. The second-order valence-corrected chi connectivity index (χ2v) is 8.29. The van der Waals surface area contributed by atoms with E-state index in [1.807, 2.05) is 60.7 Å². The van der Waals surface area contributed by atoms with Crippen molar-refractivity contribution in [1.82, 2.24) is 20.2 Å². The Labute approximate surface area is 199 Å². The quantitative estimate of drug-likeness (QED) is 0.531. The first-order valence-electron chi connectivity index (χ1n) is 11.5. The number of piperidine rings is 1. The second kappa shape index (κ2) is 11.8. The van der Waals surface area contributed by atoms with Gasteiger partial charge >= 0.3 is 6.09 Å². The molecule has 1 fully saturated rings. The molecule has 0 atom stereocenters. The van der Waals surface area contributed by atoms with Gasteiger partial charge < -0.3 is 20.3 Å². The zero-order valence-corrected chi connectivity index (χ0v) is 19.0. The highest BCUT2D eigenvalue weighted by Gasteiger charge is 2.24. The number of rotatable bonds is 8. The van der Waals surface area contributed by atoms with Gasteiger partial charge in [-0.1, -0.05) is 60.7 Å². The molecule has 0 saturated carbocycles. The number of hydrogen-bond acceptors (Lipinski definition) is 6. The van der Waals surface area contributed by atoms with Gasteiger partial charge in [0.25, 0.3) is 5.91 Å². The molecular weight excluding hydrogens is 430 g/mol. The van der Waals surface area contributed by atoms with Crippen molar-refractivity contribution in [2.24, 2.45) is 5.92 Å². The van der Waals surface area contributed by atoms with Gasteiger partial charge in [0, 0.05) is 32.4 Å². The molecule has 8 nitrogen and oxygen atoms in total. The Balaban J connectivity index is 1.18. The van der Waals surface area contributed by atoms with Crippen LogP contribution in [-0.4, -0.2) is 46.5 Å². The number of amides is 2. The summed E-state index contributed by atoms with van der Waals surface area (Å²) >= 11 is 0. The van der Waals surface area contributed by atoms with E-state index in [2.05, 4.69) is 20.6 Å². The minimum absolute atomic E-state index is 0.227. The molecule has 176 valence electrons. The average Bonchev–Trinajstić information content (AvgIpc) is 2.91. The molecule has 2 N–H and O–H groups in total. The lowest BCUT2D eigenvalue weighted by molar-refractivity contribution is 0.0800. The number of anilines is 1. The predicted octanol–water partition coefficient (Wildman–Crippen LogP) is 3.87. The standard InChI is InChI=1S/C26H29N5O3/c32-24(23-11-14-27-25(30-23)29-18-20-7-3-1-4-8-20)28-17-21-12-15-31(16-13-21)26(33)34-19-22-9-5-2-6-10-22/h1-11,14,21H,12-13,15-19H2,(H,28,32)(H,27,29,30). The Morgan fingerprint density at radius 3 is 2.32 bits per heavy atom. The molecule has 1 aliphatic rings. The smallest absolute Gasteiger partial charge is 0.410 e. The first-order valence-corrected chi connectivity index (χ1v) is 11.5. The predicted molar refractivity (Wildman–Crippen MR) is 129 cm³/mol. The Bertz CT molecular complexity index is 1070. The van der Waals surface area contributed by atoms with E-state index >= 15 is 0 Å². The molecule has 3 aromatic rings. The summed E-state index contributed by atoms with van der Waals surface area (Å²) < 4.78 is 5.42. The van der Waals surface area contributed by atoms with Gasteiger partial charge in [0.15, 0.2) is 0 Å². The van der Waals surface area contributed by atoms with Crippen molar-refractivity contribution in [2.75, 3.05) is 25.0 Å². The van der Waals surface area contributed by atoms with Crippen molar-refractivity contribution in [3.63, 3.8) is 0 Å². The van der Waals surface area contributed by atoms with Crippen LogP contribution in [0, 0.1) is 5.92 Å². The maximum Gasteiger partial charge on any atom is 0.410 e. The molecule has 1 aromatic heterocycles. The van der Waals surface area contributed by atoms with Gasteiger partial charge in [-0.05, 0) is 36.0 Å². The van der Waals surface area contributed by atoms with E-state index in [1.54, 1.807) is 17.2 Å². The van der Waals surface area contributed by atoms with Gasteiger partial charge in [-0.25, -0.2) is 14.8 Å². The van der Waals surface area contributed by atoms with Crippen LogP contribution in [0.1, 0.15) is 34.5 Å². The number of ether oxygens (including phenoxy) is 1. The molecule has 0 bridgehead atoms. The fourth-order valence-corrected chi connectivity index (χ4v) is 3.81. The molecule has 0 radical (unpaired) electrons. The zero-order valence-electron chi connectivity index (χ0n) is 19.0. The minimum Gasteiger partial charge on any atom is -0.445 e. The number of nitrogens with zero attached hydrogens (tertiary/aromatic N) is 3. The summed E-state index contributed by atoms with van der Waals surface area (Å²) in [4.78, 5) is 35.2. The number of hydrogen-bond donors (Lipinski definition) is 2. The number of likely N-dealkylation sites (tertiary alicyclic amines) is 1. The normalized spacial score (nSPS) is 13.8. The molecule has 2 amide bonds.